The Hall–Kier alpha value is -1.56. The second-order valence-corrected chi connectivity index (χ2v) is 4.22. The topological polar surface area (TPSA) is 40.5 Å². The summed E-state index contributed by atoms with van der Waals surface area (Å²) < 4.78 is 36.7. The molecule has 1 aromatic rings. The van der Waals surface area contributed by atoms with Gasteiger partial charge < -0.3 is 10.0 Å². The maximum Gasteiger partial charge on any atom is 0.416 e. The lowest BCUT2D eigenvalue weighted by Crippen LogP contribution is -2.46. The Kier molecular flexibility index (Phi) is 3.30. The molecule has 0 saturated carbocycles. The summed E-state index contributed by atoms with van der Waals surface area (Å²) in [6.45, 7) is -0.514. The number of hydrogen-bond donors (Lipinski definition) is 1. The molecule has 98 valence electrons. The van der Waals surface area contributed by atoms with Crippen LogP contribution in [0, 0.1) is 0 Å². The highest BCUT2D eigenvalue weighted by Gasteiger charge is 2.40. The van der Waals surface area contributed by atoms with Gasteiger partial charge in [-0.2, -0.15) is 13.2 Å². The fourth-order valence-corrected chi connectivity index (χ4v) is 1.96. The van der Waals surface area contributed by atoms with E-state index < -0.39 is 24.7 Å². The van der Waals surface area contributed by atoms with Crippen molar-refractivity contribution >= 4 is 5.91 Å². The van der Waals surface area contributed by atoms with Crippen LogP contribution in [0.5, 0.6) is 0 Å². The van der Waals surface area contributed by atoms with Crippen LogP contribution in [0.4, 0.5) is 13.2 Å². The standard InChI is InChI=1S/C12H12F3NO2/c13-12(14,15)10(17)7-16-6-5-8-3-1-2-4-9(8)11(16)18/h1-4,10,17H,5-7H2. The van der Waals surface area contributed by atoms with E-state index in [9.17, 15) is 18.0 Å². The molecular weight excluding hydrogens is 247 g/mol. The molecule has 2 rings (SSSR count). The predicted molar refractivity (Wildman–Crippen MR) is 58.1 cm³/mol. The first-order valence-corrected chi connectivity index (χ1v) is 5.51. The molecule has 0 aromatic heterocycles. The van der Waals surface area contributed by atoms with Gasteiger partial charge in [-0.15, -0.1) is 0 Å². The van der Waals surface area contributed by atoms with E-state index in [2.05, 4.69) is 0 Å². The Morgan fingerprint density at radius 1 is 1.33 bits per heavy atom. The third-order valence-electron chi connectivity index (χ3n) is 2.96. The summed E-state index contributed by atoms with van der Waals surface area (Å²) in [7, 11) is 0. The molecular formula is C12H12F3NO2. The van der Waals surface area contributed by atoms with Crippen LogP contribution in [0.15, 0.2) is 24.3 Å². The minimum absolute atomic E-state index is 0.197. The third-order valence-corrected chi connectivity index (χ3v) is 2.96. The van der Waals surface area contributed by atoms with Gasteiger partial charge in [0.1, 0.15) is 0 Å². The molecule has 1 N–H and O–H groups in total. The molecule has 1 aromatic carbocycles. The maximum absolute atomic E-state index is 12.2. The molecule has 1 unspecified atom stereocenters. The molecule has 6 heteroatoms. The number of rotatable bonds is 2. The average molecular weight is 259 g/mol. The number of β-amino-alcohol motifs (C(OH)–C–C–N with tert-alkyl or cyclic N) is 1. The van der Waals surface area contributed by atoms with Crippen molar-refractivity contribution in [3.8, 4) is 0 Å². The number of carbonyl (C=O) groups excluding carboxylic acids is 1. The van der Waals surface area contributed by atoms with Crippen molar-refractivity contribution in [3.05, 3.63) is 35.4 Å². The maximum atomic E-state index is 12.2. The Morgan fingerprint density at radius 3 is 2.67 bits per heavy atom. The normalized spacial score (nSPS) is 17.6. The molecule has 0 spiro atoms. The first-order valence-electron chi connectivity index (χ1n) is 5.51. The highest BCUT2D eigenvalue weighted by Crippen LogP contribution is 2.24. The Bertz CT molecular complexity index is 459. The molecule has 1 aliphatic heterocycles. The fourth-order valence-electron chi connectivity index (χ4n) is 1.96. The Balaban J connectivity index is 2.13. The monoisotopic (exact) mass is 259 g/mol. The molecule has 0 radical (unpaired) electrons. The van der Waals surface area contributed by atoms with Crippen LogP contribution in [0.25, 0.3) is 0 Å². The molecule has 1 atom stereocenters. The number of benzene rings is 1. The minimum atomic E-state index is -4.70. The lowest BCUT2D eigenvalue weighted by molar-refractivity contribution is -0.206. The lowest BCUT2D eigenvalue weighted by Gasteiger charge is -2.30. The molecule has 0 saturated heterocycles. The fraction of sp³-hybridized carbons (Fsp3) is 0.417. The van der Waals surface area contributed by atoms with Crippen LogP contribution in [0.1, 0.15) is 15.9 Å². The van der Waals surface area contributed by atoms with E-state index in [4.69, 9.17) is 5.11 Å². The zero-order valence-corrected chi connectivity index (χ0v) is 9.44. The number of amides is 1. The van der Waals surface area contributed by atoms with Gasteiger partial charge in [0.2, 0.25) is 0 Å². The first-order chi connectivity index (χ1) is 8.39. The zero-order chi connectivity index (χ0) is 13.3. The van der Waals surface area contributed by atoms with Gasteiger partial charge >= 0.3 is 6.18 Å². The number of fused-ring (bicyclic) bond motifs is 1. The van der Waals surface area contributed by atoms with Crippen LogP contribution in [0.2, 0.25) is 0 Å². The number of hydrogen-bond acceptors (Lipinski definition) is 2. The van der Waals surface area contributed by atoms with Gasteiger partial charge in [0, 0.05) is 12.1 Å². The molecule has 3 nitrogen and oxygen atoms in total. The van der Waals surface area contributed by atoms with Crippen molar-refractivity contribution in [1.29, 1.82) is 0 Å². The highest BCUT2D eigenvalue weighted by atomic mass is 19.4. The van der Waals surface area contributed by atoms with Crippen molar-refractivity contribution in [2.45, 2.75) is 18.7 Å². The van der Waals surface area contributed by atoms with E-state index in [0.717, 1.165) is 10.5 Å². The molecule has 1 amide bonds. The average Bonchev–Trinajstić information content (AvgIpc) is 2.32. The van der Waals surface area contributed by atoms with Crippen molar-refractivity contribution in [3.63, 3.8) is 0 Å². The van der Waals surface area contributed by atoms with Crippen molar-refractivity contribution in [2.75, 3.05) is 13.1 Å². The minimum Gasteiger partial charge on any atom is -0.382 e. The summed E-state index contributed by atoms with van der Waals surface area (Å²) in [5.74, 6) is -0.458. The van der Waals surface area contributed by atoms with E-state index in [-0.39, 0.29) is 6.54 Å². The third kappa shape index (κ3) is 2.48. The van der Waals surface area contributed by atoms with Gasteiger partial charge in [-0.3, -0.25) is 4.79 Å². The van der Waals surface area contributed by atoms with Gasteiger partial charge in [-0.25, -0.2) is 0 Å². The van der Waals surface area contributed by atoms with Gasteiger partial charge in [0.25, 0.3) is 5.91 Å². The van der Waals surface area contributed by atoms with E-state index in [1.165, 1.54) is 0 Å². The highest BCUT2D eigenvalue weighted by molar-refractivity contribution is 5.96. The molecule has 0 bridgehead atoms. The van der Waals surface area contributed by atoms with E-state index in [0.29, 0.717) is 12.0 Å². The molecule has 18 heavy (non-hydrogen) atoms. The SMILES string of the molecule is O=C1c2ccccc2CCN1CC(O)C(F)(F)F. The van der Waals surface area contributed by atoms with Gasteiger partial charge in [-0.1, -0.05) is 18.2 Å². The number of halogens is 3. The summed E-state index contributed by atoms with van der Waals surface area (Å²) in [6, 6.07) is 6.82. The van der Waals surface area contributed by atoms with Crippen molar-refractivity contribution in [1.82, 2.24) is 4.90 Å². The van der Waals surface area contributed by atoms with Crippen LogP contribution >= 0.6 is 0 Å². The van der Waals surface area contributed by atoms with Gasteiger partial charge in [0.15, 0.2) is 6.10 Å². The van der Waals surface area contributed by atoms with Crippen LogP contribution in [0.3, 0.4) is 0 Å². The number of nitrogens with zero attached hydrogens (tertiary/aromatic N) is 1. The van der Waals surface area contributed by atoms with Crippen LogP contribution in [-0.2, 0) is 6.42 Å². The second-order valence-electron chi connectivity index (χ2n) is 4.22. The molecule has 0 aliphatic carbocycles. The van der Waals surface area contributed by atoms with Gasteiger partial charge in [0.05, 0.1) is 6.54 Å². The quantitative estimate of drug-likeness (QED) is 0.876. The number of aliphatic hydroxyl groups excluding tert-OH is 1. The van der Waals surface area contributed by atoms with Crippen molar-refractivity contribution < 1.29 is 23.1 Å². The number of carbonyl (C=O) groups is 1. The summed E-state index contributed by atoms with van der Waals surface area (Å²) in [5, 5.41) is 8.98. The summed E-state index contributed by atoms with van der Waals surface area (Å²) in [5.41, 5.74) is 1.25. The smallest absolute Gasteiger partial charge is 0.382 e. The Morgan fingerprint density at radius 2 is 2.00 bits per heavy atom. The Labute approximate surface area is 102 Å². The largest absolute Gasteiger partial charge is 0.416 e. The van der Waals surface area contributed by atoms with Crippen molar-refractivity contribution in [2.24, 2.45) is 0 Å². The van der Waals surface area contributed by atoms with Gasteiger partial charge in [-0.05, 0) is 18.1 Å². The summed E-state index contributed by atoms with van der Waals surface area (Å²) >= 11 is 0. The summed E-state index contributed by atoms with van der Waals surface area (Å²) in [4.78, 5) is 13.0. The molecule has 1 aliphatic rings. The molecule has 1 heterocycles. The zero-order valence-electron chi connectivity index (χ0n) is 9.44. The predicted octanol–water partition coefficient (Wildman–Crippen LogP) is 1.61. The van der Waals surface area contributed by atoms with Crippen LogP contribution < -0.4 is 0 Å². The second kappa shape index (κ2) is 4.61. The summed E-state index contributed by atoms with van der Waals surface area (Å²) in [6.07, 6.45) is -6.68. The number of alkyl halides is 3. The van der Waals surface area contributed by atoms with E-state index >= 15 is 0 Å². The first kappa shape index (κ1) is 12.9. The molecule has 0 fully saturated rings. The van der Waals surface area contributed by atoms with E-state index in [1.807, 2.05) is 0 Å². The van der Waals surface area contributed by atoms with E-state index in [1.54, 1.807) is 24.3 Å². The lowest BCUT2D eigenvalue weighted by atomic mass is 9.99. The number of aliphatic hydroxyl groups is 1. The van der Waals surface area contributed by atoms with Crippen LogP contribution in [-0.4, -0.2) is 41.3 Å².